The molecule has 0 saturated carbocycles. The summed E-state index contributed by atoms with van der Waals surface area (Å²) in [5, 5.41) is 3.40. The molecular weight excluding hydrogens is 485 g/mol. The number of hydrogen-bond acceptors (Lipinski definition) is 5. The number of alkyl halides is 3. The highest BCUT2D eigenvalue weighted by molar-refractivity contribution is 8.00. The summed E-state index contributed by atoms with van der Waals surface area (Å²) < 4.78 is 37.5. The lowest BCUT2D eigenvalue weighted by Crippen LogP contribution is -2.50. The van der Waals surface area contributed by atoms with Crippen LogP contribution in [0.2, 0.25) is 0 Å². The fraction of sp³-hybridized carbons (Fsp3) is 0.519. The molecule has 2 aromatic carbocycles. The summed E-state index contributed by atoms with van der Waals surface area (Å²) in [6.45, 7) is 10.2. The van der Waals surface area contributed by atoms with Crippen molar-refractivity contribution in [2.75, 3.05) is 56.0 Å². The average Bonchev–Trinajstić information content (AvgIpc) is 2.85. The maximum Gasteiger partial charge on any atom is 0.446 e. The minimum atomic E-state index is -4.28. The molecule has 2 heterocycles. The van der Waals surface area contributed by atoms with E-state index in [9.17, 15) is 18.0 Å². The van der Waals surface area contributed by atoms with E-state index in [1.165, 1.54) is 23.4 Å². The number of aryl methyl sites for hydroxylation is 1. The van der Waals surface area contributed by atoms with Gasteiger partial charge in [-0.1, -0.05) is 24.6 Å². The van der Waals surface area contributed by atoms with Crippen molar-refractivity contribution in [3.8, 4) is 0 Å². The first kappa shape index (κ1) is 26.7. The van der Waals surface area contributed by atoms with Gasteiger partial charge in [-0.05, 0) is 67.9 Å². The molecule has 2 aliphatic rings. The largest absolute Gasteiger partial charge is 0.446 e. The molecule has 1 amide bonds. The number of thioether (sulfide) groups is 1. The molecule has 1 atom stereocenters. The SMILES string of the molecule is Cc1ccc(N2CCN(CC(C)C(=O)N3CCC(Nc4ccc(SC(F)(F)F)cc4)CC3)CC2)cc1. The van der Waals surface area contributed by atoms with Crippen LogP contribution in [0.15, 0.2) is 53.4 Å². The Morgan fingerprint density at radius 1 is 0.972 bits per heavy atom. The van der Waals surface area contributed by atoms with Gasteiger partial charge in [-0.3, -0.25) is 9.69 Å². The van der Waals surface area contributed by atoms with Crippen LogP contribution in [0.25, 0.3) is 0 Å². The molecule has 0 spiro atoms. The molecule has 1 N–H and O–H groups in total. The second-order valence-corrected chi connectivity index (χ2v) is 11.0. The Labute approximate surface area is 216 Å². The zero-order chi connectivity index (χ0) is 25.7. The molecule has 2 aromatic rings. The molecule has 2 aliphatic heterocycles. The van der Waals surface area contributed by atoms with Gasteiger partial charge in [-0.25, -0.2) is 0 Å². The number of rotatable bonds is 7. The van der Waals surface area contributed by atoms with Crippen LogP contribution in [0.3, 0.4) is 0 Å². The third-order valence-corrected chi connectivity index (χ3v) is 7.73. The lowest BCUT2D eigenvalue weighted by Gasteiger charge is -2.38. The van der Waals surface area contributed by atoms with Crippen LogP contribution in [0, 0.1) is 12.8 Å². The van der Waals surface area contributed by atoms with Crippen molar-refractivity contribution in [1.29, 1.82) is 0 Å². The molecule has 2 fully saturated rings. The highest BCUT2D eigenvalue weighted by Crippen LogP contribution is 2.37. The van der Waals surface area contributed by atoms with E-state index in [4.69, 9.17) is 0 Å². The lowest BCUT2D eigenvalue weighted by molar-refractivity contribution is -0.136. The van der Waals surface area contributed by atoms with E-state index in [1.54, 1.807) is 12.1 Å². The first-order valence-corrected chi connectivity index (χ1v) is 13.4. The number of benzene rings is 2. The maximum absolute atomic E-state index is 13.1. The normalized spacial score (nSPS) is 18.8. The first-order chi connectivity index (χ1) is 17.2. The summed E-state index contributed by atoms with van der Waals surface area (Å²) >= 11 is -0.104. The van der Waals surface area contributed by atoms with Gasteiger partial charge in [-0.15, -0.1) is 0 Å². The van der Waals surface area contributed by atoms with Gasteiger partial charge in [0.2, 0.25) is 5.91 Å². The second kappa shape index (κ2) is 11.8. The third kappa shape index (κ3) is 7.56. The molecule has 0 aliphatic carbocycles. The number of halogens is 3. The minimum Gasteiger partial charge on any atom is -0.382 e. The predicted octanol–water partition coefficient (Wildman–Crippen LogP) is 5.47. The Balaban J connectivity index is 1.17. The van der Waals surface area contributed by atoms with E-state index in [0.717, 1.165) is 51.3 Å². The summed E-state index contributed by atoms with van der Waals surface area (Å²) in [5.41, 5.74) is -0.940. The number of nitrogens with zero attached hydrogens (tertiary/aromatic N) is 3. The number of nitrogens with one attached hydrogen (secondary N) is 1. The molecule has 0 aromatic heterocycles. The summed E-state index contributed by atoms with van der Waals surface area (Å²) in [6.07, 6.45) is 1.65. The highest BCUT2D eigenvalue weighted by atomic mass is 32.2. The van der Waals surface area contributed by atoms with Crippen molar-refractivity contribution in [1.82, 2.24) is 9.80 Å². The van der Waals surface area contributed by atoms with Crippen molar-refractivity contribution in [3.63, 3.8) is 0 Å². The Morgan fingerprint density at radius 3 is 2.17 bits per heavy atom. The monoisotopic (exact) mass is 520 g/mol. The number of amides is 1. The Morgan fingerprint density at radius 2 is 1.58 bits per heavy atom. The molecule has 36 heavy (non-hydrogen) atoms. The fourth-order valence-corrected chi connectivity index (χ4v) is 5.49. The van der Waals surface area contributed by atoms with Gasteiger partial charge in [-0.2, -0.15) is 13.2 Å². The van der Waals surface area contributed by atoms with E-state index in [1.807, 2.05) is 11.8 Å². The van der Waals surface area contributed by atoms with Crippen molar-refractivity contribution < 1.29 is 18.0 Å². The smallest absolute Gasteiger partial charge is 0.382 e. The molecular formula is C27H35F3N4OS. The molecule has 9 heteroatoms. The maximum atomic E-state index is 13.1. The molecule has 2 saturated heterocycles. The van der Waals surface area contributed by atoms with Crippen molar-refractivity contribution in [2.45, 2.75) is 43.1 Å². The Hall–Kier alpha value is -2.39. The Bertz CT molecular complexity index is 984. The quantitative estimate of drug-likeness (QED) is 0.491. The van der Waals surface area contributed by atoms with Gasteiger partial charge in [0.15, 0.2) is 0 Å². The van der Waals surface area contributed by atoms with Crippen LogP contribution in [-0.4, -0.2) is 73.1 Å². The van der Waals surface area contributed by atoms with Crippen LogP contribution in [0.4, 0.5) is 24.5 Å². The molecule has 0 bridgehead atoms. The second-order valence-electron chi connectivity index (χ2n) is 9.84. The van der Waals surface area contributed by atoms with Crippen LogP contribution in [0.5, 0.6) is 0 Å². The highest BCUT2D eigenvalue weighted by Gasteiger charge is 2.30. The number of piperidine rings is 1. The van der Waals surface area contributed by atoms with Gasteiger partial charge in [0, 0.05) is 74.0 Å². The number of carbonyl (C=O) groups is 1. The van der Waals surface area contributed by atoms with Crippen molar-refractivity contribution >= 4 is 29.0 Å². The summed E-state index contributed by atoms with van der Waals surface area (Å²) in [6, 6.07) is 15.2. The van der Waals surface area contributed by atoms with Crippen molar-refractivity contribution in [2.24, 2.45) is 5.92 Å². The van der Waals surface area contributed by atoms with E-state index >= 15 is 0 Å². The summed E-state index contributed by atoms with van der Waals surface area (Å²) in [5.74, 6) is 0.169. The molecule has 4 rings (SSSR count). The fourth-order valence-electron chi connectivity index (χ4n) is 4.95. The predicted molar refractivity (Wildman–Crippen MR) is 141 cm³/mol. The van der Waals surface area contributed by atoms with E-state index in [2.05, 4.69) is 46.3 Å². The molecule has 5 nitrogen and oxygen atoms in total. The van der Waals surface area contributed by atoms with E-state index in [0.29, 0.717) is 13.1 Å². The first-order valence-electron chi connectivity index (χ1n) is 12.6. The van der Waals surface area contributed by atoms with Crippen LogP contribution >= 0.6 is 11.8 Å². The third-order valence-electron chi connectivity index (χ3n) is 6.99. The summed E-state index contributed by atoms with van der Waals surface area (Å²) in [7, 11) is 0. The van der Waals surface area contributed by atoms with Gasteiger partial charge >= 0.3 is 5.51 Å². The average molecular weight is 521 g/mol. The Kier molecular flexibility index (Phi) is 8.72. The van der Waals surface area contributed by atoms with Crippen LogP contribution < -0.4 is 10.2 Å². The number of piperazine rings is 1. The van der Waals surface area contributed by atoms with Gasteiger partial charge < -0.3 is 15.1 Å². The zero-order valence-electron chi connectivity index (χ0n) is 20.9. The summed E-state index contributed by atoms with van der Waals surface area (Å²) in [4.78, 5) is 20.0. The van der Waals surface area contributed by atoms with Crippen LogP contribution in [-0.2, 0) is 4.79 Å². The number of anilines is 2. The van der Waals surface area contributed by atoms with Gasteiger partial charge in [0.1, 0.15) is 0 Å². The number of likely N-dealkylation sites (tertiary alicyclic amines) is 1. The minimum absolute atomic E-state index is 0.0425. The molecule has 0 radical (unpaired) electrons. The van der Waals surface area contributed by atoms with Gasteiger partial charge in [0.05, 0.1) is 0 Å². The van der Waals surface area contributed by atoms with Crippen molar-refractivity contribution in [3.05, 3.63) is 54.1 Å². The topological polar surface area (TPSA) is 38.8 Å². The van der Waals surface area contributed by atoms with E-state index in [-0.39, 0.29) is 34.5 Å². The lowest BCUT2D eigenvalue weighted by atomic mass is 10.0. The number of hydrogen-bond donors (Lipinski definition) is 1. The van der Waals surface area contributed by atoms with E-state index < -0.39 is 5.51 Å². The van der Waals surface area contributed by atoms with Gasteiger partial charge in [0.25, 0.3) is 0 Å². The number of carbonyl (C=O) groups excluding carboxylic acids is 1. The van der Waals surface area contributed by atoms with Crippen LogP contribution in [0.1, 0.15) is 25.3 Å². The molecule has 196 valence electrons. The standard InChI is InChI=1S/C27H35F3N4OS/c1-20-3-7-24(8-4-20)33-17-15-32(16-18-33)19-21(2)26(35)34-13-11-23(12-14-34)31-22-5-9-25(10-6-22)36-27(28,29)30/h3-10,21,23,31H,11-19H2,1-2H3. The zero-order valence-corrected chi connectivity index (χ0v) is 21.7. The molecule has 1 unspecified atom stereocenters.